The van der Waals surface area contributed by atoms with Crippen molar-refractivity contribution in [3.63, 3.8) is 0 Å². The predicted molar refractivity (Wildman–Crippen MR) is 79.2 cm³/mol. The van der Waals surface area contributed by atoms with Crippen LogP contribution in [0, 0.1) is 0 Å². The molecule has 0 fully saturated rings. The van der Waals surface area contributed by atoms with Crippen LogP contribution in [0.1, 0.15) is 22.9 Å². The average molecular weight is 301 g/mol. The summed E-state index contributed by atoms with van der Waals surface area (Å²) in [6.07, 6.45) is 1.92. The van der Waals surface area contributed by atoms with Gasteiger partial charge in [-0.3, -0.25) is 11.3 Å². The van der Waals surface area contributed by atoms with Crippen LogP contribution in [-0.4, -0.2) is 0 Å². The van der Waals surface area contributed by atoms with Gasteiger partial charge in [-0.05, 0) is 42.0 Å². The number of nitrogens with two attached hydrogens (primary N) is 1. The van der Waals surface area contributed by atoms with E-state index in [1.54, 1.807) is 17.4 Å². The summed E-state index contributed by atoms with van der Waals surface area (Å²) in [7, 11) is 0. The van der Waals surface area contributed by atoms with E-state index >= 15 is 0 Å². The molecule has 0 aliphatic carbocycles. The van der Waals surface area contributed by atoms with Gasteiger partial charge in [-0.25, -0.2) is 0 Å². The molecule has 1 aromatic carbocycles. The molecule has 1 aromatic heterocycles. The fraction of sp³-hybridized carbons (Fsp3) is 0.231. The summed E-state index contributed by atoms with van der Waals surface area (Å²) in [5.41, 5.74) is 3.89. The topological polar surface area (TPSA) is 38.0 Å². The van der Waals surface area contributed by atoms with Gasteiger partial charge in [0.05, 0.1) is 10.0 Å². The Morgan fingerprint density at radius 1 is 1.22 bits per heavy atom. The Morgan fingerprint density at radius 2 is 2.06 bits per heavy atom. The van der Waals surface area contributed by atoms with E-state index in [1.165, 1.54) is 4.88 Å². The lowest BCUT2D eigenvalue weighted by Crippen LogP contribution is -2.28. The van der Waals surface area contributed by atoms with Crippen LogP contribution in [-0.2, 0) is 6.42 Å². The zero-order valence-corrected chi connectivity index (χ0v) is 12.0. The largest absolute Gasteiger partial charge is 0.271 e. The molecule has 2 nitrogen and oxygen atoms in total. The summed E-state index contributed by atoms with van der Waals surface area (Å²) < 4.78 is 0. The minimum Gasteiger partial charge on any atom is -0.271 e. The molecular formula is C13H14Cl2N2S. The third-order valence-electron chi connectivity index (χ3n) is 2.81. The Bertz CT molecular complexity index is 500. The van der Waals surface area contributed by atoms with E-state index in [4.69, 9.17) is 29.0 Å². The summed E-state index contributed by atoms with van der Waals surface area (Å²) in [6, 6.07) is 9.89. The first-order valence-corrected chi connectivity index (χ1v) is 7.27. The molecule has 0 spiro atoms. The van der Waals surface area contributed by atoms with E-state index in [0.717, 1.165) is 18.4 Å². The van der Waals surface area contributed by atoms with Gasteiger partial charge in [0.15, 0.2) is 0 Å². The van der Waals surface area contributed by atoms with Crippen molar-refractivity contribution >= 4 is 34.5 Å². The Hall–Kier alpha value is -0.580. The van der Waals surface area contributed by atoms with E-state index in [2.05, 4.69) is 22.9 Å². The summed E-state index contributed by atoms with van der Waals surface area (Å²) in [5.74, 6) is 5.61. The Kier molecular flexibility index (Phi) is 5.03. The quantitative estimate of drug-likeness (QED) is 0.642. The standard InChI is InChI=1S/C13H14Cl2N2S/c14-11-5-3-9(8-12(11)15)13(17-16)6-4-10-2-1-7-18-10/h1-3,5,7-8,13,17H,4,6,16H2. The second-order valence-electron chi connectivity index (χ2n) is 4.01. The molecular weight excluding hydrogens is 287 g/mol. The fourth-order valence-corrected chi connectivity index (χ4v) is 2.85. The molecule has 0 radical (unpaired) electrons. The third-order valence-corrected chi connectivity index (χ3v) is 4.48. The maximum absolute atomic E-state index is 6.02. The molecule has 2 rings (SSSR count). The molecule has 18 heavy (non-hydrogen) atoms. The minimum atomic E-state index is 0.0851. The van der Waals surface area contributed by atoms with Crippen LogP contribution in [0.4, 0.5) is 0 Å². The van der Waals surface area contributed by atoms with Gasteiger partial charge in [-0.15, -0.1) is 11.3 Å². The molecule has 0 amide bonds. The SMILES string of the molecule is NNC(CCc1cccs1)c1ccc(Cl)c(Cl)c1. The van der Waals surface area contributed by atoms with Gasteiger partial charge < -0.3 is 0 Å². The highest BCUT2D eigenvalue weighted by molar-refractivity contribution is 7.09. The summed E-state index contributed by atoms with van der Waals surface area (Å²) in [5, 5.41) is 3.21. The van der Waals surface area contributed by atoms with Crippen LogP contribution in [0.25, 0.3) is 0 Å². The maximum atomic E-state index is 6.02. The molecule has 3 N–H and O–H groups in total. The molecule has 0 aliphatic rings. The van der Waals surface area contributed by atoms with Crippen LogP contribution in [0.3, 0.4) is 0 Å². The van der Waals surface area contributed by atoms with E-state index in [0.29, 0.717) is 10.0 Å². The molecule has 1 unspecified atom stereocenters. The number of hydrogen-bond acceptors (Lipinski definition) is 3. The highest BCUT2D eigenvalue weighted by Gasteiger charge is 2.11. The van der Waals surface area contributed by atoms with Crippen molar-refractivity contribution in [2.75, 3.05) is 0 Å². The van der Waals surface area contributed by atoms with Crippen molar-refractivity contribution in [1.82, 2.24) is 5.43 Å². The predicted octanol–water partition coefficient (Wildman–Crippen LogP) is 4.19. The van der Waals surface area contributed by atoms with Crippen molar-refractivity contribution in [3.8, 4) is 0 Å². The van der Waals surface area contributed by atoms with E-state index in [-0.39, 0.29) is 6.04 Å². The minimum absolute atomic E-state index is 0.0851. The van der Waals surface area contributed by atoms with Gasteiger partial charge in [0.2, 0.25) is 0 Å². The number of halogens is 2. The number of benzene rings is 1. The van der Waals surface area contributed by atoms with E-state index in [9.17, 15) is 0 Å². The number of thiophene rings is 1. The highest BCUT2D eigenvalue weighted by atomic mass is 35.5. The summed E-state index contributed by atoms with van der Waals surface area (Å²) >= 11 is 13.7. The van der Waals surface area contributed by atoms with Crippen LogP contribution >= 0.6 is 34.5 Å². The zero-order valence-electron chi connectivity index (χ0n) is 9.70. The molecule has 0 saturated heterocycles. The Morgan fingerprint density at radius 3 is 2.67 bits per heavy atom. The van der Waals surface area contributed by atoms with Gasteiger partial charge >= 0.3 is 0 Å². The molecule has 1 atom stereocenters. The second-order valence-corrected chi connectivity index (χ2v) is 5.86. The van der Waals surface area contributed by atoms with Gasteiger partial charge in [0, 0.05) is 10.9 Å². The van der Waals surface area contributed by atoms with Crippen LogP contribution < -0.4 is 11.3 Å². The van der Waals surface area contributed by atoms with E-state index < -0.39 is 0 Å². The molecule has 96 valence electrons. The number of hydrazine groups is 1. The van der Waals surface area contributed by atoms with Crippen LogP contribution in [0.15, 0.2) is 35.7 Å². The normalized spacial score (nSPS) is 12.6. The number of hydrogen-bond donors (Lipinski definition) is 2. The van der Waals surface area contributed by atoms with E-state index in [1.807, 2.05) is 12.1 Å². The van der Waals surface area contributed by atoms with Crippen LogP contribution in [0.2, 0.25) is 10.0 Å². The second kappa shape index (κ2) is 6.55. The highest BCUT2D eigenvalue weighted by Crippen LogP contribution is 2.27. The summed E-state index contributed by atoms with van der Waals surface area (Å²) in [4.78, 5) is 1.36. The van der Waals surface area contributed by atoms with Gasteiger partial charge in [0.1, 0.15) is 0 Å². The fourth-order valence-electron chi connectivity index (χ4n) is 1.82. The van der Waals surface area contributed by atoms with Gasteiger partial charge in [-0.2, -0.15) is 0 Å². The van der Waals surface area contributed by atoms with Crippen molar-refractivity contribution in [2.45, 2.75) is 18.9 Å². The van der Waals surface area contributed by atoms with Crippen molar-refractivity contribution in [1.29, 1.82) is 0 Å². The molecule has 0 bridgehead atoms. The Labute approximate surface area is 121 Å². The number of aryl methyl sites for hydroxylation is 1. The lowest BCUT2D eigenvalue weighted by atomic mass is 10.0. The number of rotatable bonds is 5. The van der Waals surface area contributed by atoms with Crippen molar-refractivity contribution < 1.29 is 0 Å². The van der Waals surface area contributed by atoms with Gasteiger partial charge in [-0.1, -0.05) is 35.3 Å². The first kappa shape index (κ1) is 13.8. The smallest absolute Gasteiger partial charge is 0.0595 e. The monoisotopic (exact) mass is 300 g/mol. The molecule has 1 heterocycles. The number of nitrogens with one attached hydrogen (secondary N) is 1. The first-order valence-electron chi connectivity index (χ1n) is 5.64. The average Bonchev–Trinajstić information content (AvgIpc) is 2.87. The lowest BCUT2D eigenvalue weighted by Gasteiger charge is -2.16. The molecule has 0 saturated carbocycles. The third kappa shape index (κ3) is 3.46. The molecule has 2 aromatic rings. The first-order chi connectivity index (χ1) is 8.70. The Balaban J connectivity index is 2.05. The zero-order chi connectivity index (χ0) is 13.0. The molecule has 5 heteroatoms. The molecule has 0 aliphatic heterocycles. The summed E-state index contributed by atoms with van der Waals surface area (Å²) in [6.45, 7) is 0. The van der Waals surface area contributed by atoms with Gasteiger partial charge in [0.25, 0.3) is 0 Å². The van der Waals surface area contributed by atoms with Crippen LogP contribution in [0.5, 0.6) is 0 Å². The van der Waals surface area contributed by atoms with Crippen molar-refractivity contribution in [2.24, 2.45) is 5.84 Å². The maximum Gasteiger partial charge on any atom is 0.0595 e. The van der Waals surface area contributed by atoms with Crippen molar-refractivity contribution in [3.05, 3.63) is 56.2 Å². The lowest BCUT2D eigenvalue weighted by molar-refractivity contribution is 0.518.